The van der Waals surface area contributed by atoms with Crippen molar-refractivity contribution in [3.8, 4) is 11.8 Å². The molecule has 0 amide bonds. The van der Waals surface area contributed by atoms with Crippen molar-refractivity contribution < 1.29 is 9.90 Å². The van der Waals surface area contributed by atoms with Gasteiger partial charge in [-0.05, 0) is 12.1 Å². The average molecular weight is 211 g/mol. The van der Waals surface area contributed by atoms with E-state index in [1.165, 1.54) is 12.1 Å². The maximum Gasteiger partial charge on any atom is 0.181 e. The van der Waals surface area contributed by atoms with E-state index in [0.717, 1.165) is 0 Å². The molecule has 0 aliphatic carbocycles. The molecule has 3 N–H and O–H groups in total. The van der Waals surface area contributed by atoms with Gasteiger partial charge in [0.1, 0.15) is 17.4 Å². The molecule has 4 nitrogen and oxygen atoms in total. The molecule has 0 fully saturated rings. The van der Waals surface area contributed by atoms with E-state index in [-0.39, 0.29) is 28.4 Å². The van der Waals surface area contributed by atoms with Crippen molar-refractivity contribution in [2.45, 2.75) is 0 Å². The Balaban J connectivity index is 3.47. The van der Waals surface area contributed by atoms with Gasteiger partial charge in [0, 0.05) is 5.69 Å². The molecule has 5 heteroatoms. The Hall–Kier alpha value is -1.73. The molecule has 0 atom stereocenters. The number of hydrogen-bond donors (Lipinski definition) is 2. The number of Topliss-reactive ketones (excluding diaryl/α,β-unsaturated/α-hetero) is 1. The summed E-state index contributed by atoms with van der Waals surface area (Å²) in [6, 6.07) is 4.33. The summed E-state index contributed by atoms with van der Waals surface area (Å²) < 4.78 is 0. The lowest BCUT2D eigenvalue weighted by Gasteiger charge is -2.06. The second-order valence-electron chi connectivity index (χ2n) is 2.59. The number of benzene rings is 1. The van der Waals surface area contributed by atoms with Gasteiger partial charge in [0.15, 0.2) is 5.78 Å². The number of hydrogen-bond acceptors (Lipinski definition) is 4. The molecule has 0 bridgehead atoms. The molecule has 1 rings (SSSR count). The zero-order chi connectivity index (χ0) is 10.7. The number of alkyl halides is 1. The Bertz CT molecular complexity index is 424. The first-order valence-corrected chi connectivity index (χ1v) is 4.26. The van der Waals surface area contributed by atoms with Gasteiger partial charge in [-0.3, -0.25) is 4.79 Å². The van der Waals surface area contributed by atoms with Crippen LogP contribution in [0.3, 0.4) is 0 Å². The van der Waals surface area contributed by atoms with Crippen LogP contribution < -0.4 is 5.73 Å². The lowest BCUT2D eigenvalue weighted by atomic mass is 10.0. The number of phenolic OH excluding ortho intramolecular Hbond substituents is 1. The van der Waals surface area contributed by atoms with Gasteiger partial charge in [-0.15, -0.1) is 11.6 Å². The summed E-state index contributed by atoms with van der Waals surface area (Å²) in [4.78, 5) is 11.3. The third-order valence-electron chi connectivity index (χ3n) is 1.73. The minimum absolute atomic E-state index is 0.0116. The summed E-state index contributed by atoms with van der Waals surface area (Å²) in [5.41, 5.74) is 5.50. The van der Waals surface area contributed by atoms with E-state index in [4.69, 9.17) is 22.6 Å². The van der Waals surface area contributed by atoms with Gasteiger partial charge < -0.3 is 10.8 Å². The first kappa shape index (κ1) is 10.4. The van der Waals surface area contributed by atoms with Crippen molar-refractivity contribution in [1.29, 1.82) is 5.26 Å². The number of carbonyl (C=O) groups excluding carboxylic acids is 1. The standard InChI is InChI=1S/C9H7ClN2O2/c10-3-8(14)9-5(4-11)7(13)2-1-6(9)12/h1-2,13H,3,12H2. The summed E-state index contributed by atoms with van der Waals surface area (Å²) in [5, 5.41) is 18.0. The molecular formula is C9H7ClN2O2. The van der Waals surface area contributed by atoms with Gasteiger partial charge in [0.25, 0.3) is 0 Å². The van der Waals surface area contributed by atoms with Crippen LogP contribution in [0.1, 0.15) is 15.9 Å². The average Bonchev–Trinajstić information content (AvgIpc) is 2.19. The fourth-order valence-corrected chi connectivity index (χ4v) is 1.22. The number of carbonyl (C=O) groups is 1. The fourth-order valence-electron chi connectivity index (χ4n) is 1.09. The van der Waals surface area contributed by atoms with E-state index < -0.39 is 5.78 Å². The molecule has 0 saturated carbocycles. The van der Waals surface area contributed by atoms with E-state index in [9.17, 15) is 9.90 Å². The second kappa shape index (κ2) is 3.99. The van der Waals surface area contributed by atoms with E-state index >= 15 is 0 Å². The van der Waals surface area contributed by atoms with E-state index in [0.29, 0.717) is 0 Å². The van der Waals surface area contributed by atoms with Crippen molar-refractivity contribution in [2.24, 2.45) is 0 Å². The summed E-state index contributed by atoms with van der Waals surface area (Å²) in [7, 11) is 0. The molecule has 0 aromatic heterocycles. The van der Waals surface area contributed by atoms with Crippen LogP contribution in [0.5, 0.6) is 5.75 Å². The minimum Gasteiger partial charge on any atom is -0.507 e. The van der Waals surface area contributed by atoms with Crippen molar-refractivity contribution in [3.63, 3.8) is 0 Å². The first-order valence-electron chi connectivity index (χ1n) is 3.72. The van der Waals surface area contributed by atoms with Crippen LogP contribution >= 0.6 is 11.6 Å². The van der Waals surface area contributed by atoms with Crippen molar-refractivity contribution in [3.05, 3.63) is 23.3 Å². The third kappa shape index (κ3) is 1.63. The molecule has 0 aliphatic rings. The Morgan fingerprint density at radius 3 is 2.79 bits per heavy atom. The van der Waals surface area contributed by atoms with Crippen LogP contribution in [0.15, 0.2) is 12.1 Å². The number of anilines is 1. The number of nitrogen functional groups attached to an aromatic ring is 1. The maximum absolute atomic E-state index is 11.3. The molecule has 1 aromatic carbocycles. The van der Waals surface area contributed by atoms with Crippen LogP contribution in [0.4, 0.5) is 5.69 Å². The van der Waals surface area contributed by atoms with Crippen LogP contribution in [-0.4, -0.2) is 16.8 Å². The zero-order valence-corrected chi connectivity index (χ0v) is 7.88. The van der Waals surface area contributed by atoms with Crippen LogP contribution in [0.25, 0.3) is 0 Å². The Kier molecular flexibility index (Phi) is 2.95. The molecule has 0 saturated heterocycles. The van der Waals surface area contributed by atoms with E-state index in [1.807, 2.05) is 0 Å². The summed E-state index contributed by atoms with van der Waals surface area (Å²) >= 11 is 5.34. The molecule has 1 aromatic rings. The monoisotopic (exact) mass is 210 g/mol. The van der Waals surface area contributed by atoms with Gasteiger partial charge >= 0.3 is 0 Å². The van der Waals surface area contributed by atoms with Gasteiger partial charge in [0.2, 0.25) is 0 Å². The van der Waals surface area contributed by atoms with Crippen molar-refractivity contribution >= 4 is 23.1 Å². The fraction of sp³-hybridized carbons (Fsp3) is 0.111. The molecule has 0 spiro atoms. The number of aromatic hydroxyl groups is 1. The number of nitrogens with two attached hydrogens (primary N) is 1. The largest absolute Gasteiger partial charge is 0.507 e. The van der Waals surface area contributed by atoms with Gasteiger partial charge in [-0.25, -0.2) is 0 Å². The highest BCUT2D eigenvalue weighted by Crippen LogP contribution is 2.26. The Morgan fingerprint density at radius 2 is 2.29 bits per heavy atom. The third-order valence-corrected chi connectivity index (χ3v) is 1.97. The summed E-state index contributed by atoms with van der Waals surface area (Å²) in [5.74, 6) is -1.02. The number of ketones is 1. The number of nitriles is 1. The molecule has 0 aliphatic heterocycles. The predicted octanol–water partition coefficient (Wildman–Crippen LogP) is 1.27. The van der Waals surface area contributed by atoms with Crippen LogP contribution in [0, 0.1) is 11.3 Å². The van der Waals surface area contributed by atoms with Gasteiger partial charge in [0.05, 0.1) is 11.4 Å². The molecule has 0 radical (unpaired) electrons. The van der Waals surface area contributed by atoms with Crippen LogP contribution in [0.2, 0.25) is 0 Å². The smallest absolute Gasteiger partial charge is 0.181 e. The number of phenols is 1. The predicted molar refractivity (Wildman–Crippen MR) is 52.3 cm³/mol. The topological polar surface area (TPSA) is 87.1 Å². The van der Waals surface area contributed by atoms with Crippen molar-refractivity contribution in [2.75, 3.05) is 11.6 Å². The lowest BCUT2D eigenvalue weighted by molar-refractivity contribution is 0.102. The van der Waals surface area contributed by atoms with Crippen molar-refractivity contribution in [1.82, 2.24) is 0 Å². The van der Waals surface area contributed by atoms with E-state index in [1.54, 1.807) is 6.07 Å². The normalized spacial score (nSPS) is 9.43. The number of halogens is 1. The number of rotatable bonds is 2. The highest BCUT2D eigenvalue weighted by molar-refractivity contribution is 6.31. The SMILES string of the molecule is N#Cc1c(O)ccc(N)c1C(=O)CCl. The molecular weight excluding hydrogens is 204 g/mol. The Labute approximate surface area is 85.5 Å². The van der Waals surface area contributed by atoms with Gasteiger partial charge in [-0.2, -0.15) is 5.26 Å². The molecule has 0 heterocycles. The first-order chi connectivity index (χ1) is 6.61. The highest BCUT2D eigenvalue weighted by atomic mass is 35.5. The Morgan fingerprint density at radius 1 is 1.64 bits per heavy atom. The number of nitrogens with zero attached hydrogens (tertiary/aromatic N) is 1. The highest BCUT2D eigenvalue weighted by Gasteiger charge is 2.17. The molecule has 72 valence electrons. The summed E-state index contributed by atoms with van der Waals surface area (Å²) in [6.07, 6.45) is 0. The quantitative estimate of drug-likeness (QED) is 0.333. The van der Waals surface area contributed by atoms with Gasteiger partial charge in [-0.1, -0.05) is 0 Å². The molecule has 0 unspecified atom stereocenters. The van der Waals surface area contributed by atoms with E-state index in [2.05, 4.69) is 0 Å². The van der Waals surface area contributed by atoms with Crippen LogP contribution in [-0.2, 0) is 0 Å². The minimum atomic E-state index is -0.475. The lowest BCUT2D eigenvalue weighted by Crippen LogP contribution is -2.07. The maximum atomic E-state index is 11.3. The molecule has 14 heavy (non-hydrogen) atoms. The zero-order valence-electron chi connectivity index (χ0n) is 7.12. The second-order valence-corrected chi connectivity index (χ2v) is 2.86. The summed E-state index contributed by atoms with van der Waals surface area (Å²) in [6.45, 7) is 0.